The molecule has 2 unspecified atom stereocenters. The number of thioether (sulfide) groups is 1. The van der Waals surface area contributed by atoms with Gasteiger partial charge in [-0.1, -0.05) is 62.0 Å². The Bertz CT molecular complexity index is 832. The number of fused-ring (bicyclic) bond motifs is 1. The summed E-state index contributed by atoms with van der Waals surface area (Å²) in [7, 11) is 0. The van der Waals surface area contributed by atoms with E-state index in [0.29, 0.717) is 5.92 Å². The van der Waals surface area contributed by atoms with Crippen LogP contribution in [0.25, 0.3) is 0 Å². The summed E-state index contributed by atoms with van der Waals surface area (Å²) in [4.78, 5) is 26.4. The van der Waals surface area contributed by atoms with Crippen LogP contribution in [0.4, 0.5) is 5.69 Å². The molecule has 0 aliphatic carbocycles. The molecule has 0 saturated carbocycles. The van der Waals surface area contributed by atoms with Gasteiger partial charge in [0.2, 0.25) is 11.8 Å². The van der Waals surface area contributed by atoms with Gasteiger partial charge in [-0.15, -0.1) is 0 Å². The average Bonchev–Trinajstić information content (AvgIpc) is 2.62. The summed E-state index contributed by atoms with van der Waals surface area (Å²) in [5, 5.41) is 5.84. The molecule has 0 fully saturated rings. The number of amides is 2. The molecule has 5 heteroatoms. The standard InChI is InChI=1S/C21H24N2O2S/c1-13(2)15-9-11-16(12-10-15)14(3)22-19(24)21(4)20(25)23-17-7-5-6-8-18(17)26-21/h5-14H,1-4H3,(H,22,24)(H,23,25). The normalized spacial score (nSPS) is 20.3. The van der Waals surface area contributed by atoms with E-state index in [1.807, 2.05) is 43.3 Å². The number of carbonyl (C=O) groups is 2. The number of benzene rings is 2. The van der Waals surface area contributed by atoms with Crippen molar-refractivity contribution in [3.63, 3.8) is 0 Å². The van der Waals surface area contributed by atoms with Gasteiger partial charge in [-0.3, -0.25) is 9.59 Å². The Kier molecular flexibility index (Phi) is 5.10. The molecule has 0 bridgehead atoms. The van der Waals surface area contributed by atoms with Crippen molar-refractivity contribution in [3.8, 4) is 0 Å². The number of anilines is 1. The molecule has 2 N–H and O–H groups in total. The lowest BCUT2D eigenvalue weighted by molar-refractivity contribution is -0.130. The van der Waals surface area contributed by atoms with Crippen molar-refractivity contribution in [2.45, 2.75) is 49.3 Å². The summed E-state index contributed by atoms with van der Waals surface area (Å²) in [5.41, 5.74) is 3.04. The van der Waals surface area contributed by atoms with Gasteiger partial charge in [0.05, 0.1) is 11.7 Å². The Morgan fingerprint density at radius 2 is 1.65 bits per heavy atom. The molecule has 0 spiro atoms. The SMILES string of the molecule is CC(C)c1ccc(C(C)NC(=O)C2(C)Sc3ccccc3NC2=O)cc1. The predicted octanol–water partition coefficient (Wildman–Crippen LogP) is 4.49. The number of nitrogens with one attached hydrogen (secondary N) is 2. The van der Waals surface area contributed by atoms with E-state index >= 15 is 0 Å². The molecule has 0 saturated heterocycles. The van der Waals surface area contributed by atoms with Gasteiger partial charge in [0, 0.05) is 4.90 Å². The number of hydrogen-bond donors (Lipinski definition) is 2. The quantitative estimate of drug-likeness (QED) is 0.782. The van der Waals surface area contributed by atoms with E-state index in [4.69, 9.17) is 0 Å². The monoisotopic (exact) mass is 368 g/mol. The summed E-state index contributed by atoms with van der Waals surface area (Å²) in [6, 6.07) is 15.6. The third-order valence-electron chi connectivity index (χ3n) is 4.77. The van der Waals surface area contributed by atoms with Crippen LogP contribution in [0.1, 0.15) is 50.8 Å². The maximum absolute atomic E-state index is 12.9. The molecule has 2 aromatic rings. The Morgan fingerprint density at radius 3 is 2.31 bits per heavy atom. The lowest BCUT2D eigenvalue weighted by atomic mass is 9.99. The number of rotatable bonds is 4. The first-order valence-corrected chi connectivity index (χ1v) is 9.63. The summed E-state index contributed by atoms with van der Waals surface area (Å²) >= 11 is 1.29. The minimum absolute atomic E-state index is 0.175. The van der Waals surface area contributed by atoms with Crippen LogP contribution in [-0.4, -0.2) is 16.6 Å². The van der Waals surface area contributed by atoms with Gasteiger partial charge in [-0.05, 0) is 43.0 Å². The van der Waals surface area contributed by atoms with Crippen LogP contribution in [0.2, 0.25) is 0 Å². The Morgan fingerprint density at radius 1 is 1.04 bits per heavy atom. The van der Waals surface area contributed by atoms with Crippen molar-refractivity contribution in [3.05, 3.63) is 59.7 Å². The van der Waals surface area contributed by atoms with Gasteiger partial charge in [0.15, 0.2) is 4.75 Å². The van der Waals surface area contributed by atoms with Gasteiger partial charge in [-0.25, -0.2) is 0 Å². The maximum atomic E-state index is 12.9. The zero-order valence-electron chi connectivity index (χ0n) is 15.5. The van der Waals surface area contributed by atoms with Gasteiger partial charge in [0.25, 0.3) is 0 Å². The summed E-state index contributed by atoms with van der Waals surface area (Å²) in [6.45, 7) is 7.91. The highest BCUT2D eigenvalue weighted by Gasteiger charge is 2.46. The van der Waals surface area contributed by atoms with Crippen molar-refractivity contribution in [1.29, 1.82) is 0 Å². The fraction of sp³-hybridized carbons (Fsp3) is 0.333. The van der Waals surface area contributed by atoms with Gasteiger partial charge in [-0.2, -0.15) is 0 Å². The molecule has 3 rings (SSSR count). The first kappa shape index (κ1) is 18.5. The zero-order valence-corrected chi connectivity index (χ0v) is 16.3. The Balaban J connectivity index is 1.75. The van der Waals surface area contributed by atoms with Crippen LogP contribution < -0.4 is 10.6 Å². The molecule has 26 heavy (non-hydrogen) atoms. The van der Waals surface area contributed by atoms with Crippen LogP contribution >= 0.6 is 11.8 Å². The number of para-hydroxylation sites is 1. The zero-order chi connectivity index (χ0) is 18.9. The average molecular weight is 369 g/mol. The first-order chi connectivity index (χ1) is 12.3. The number of hydrogen-bond acceptors (Lipinski definition) is 3. The second-order valence-corrected chi connectivity index (χ2v) is 8.56. The summed E-state index contributed by atoms with van der Waals surface area (Å²) in [5.74, 6) is -0.105. The minimum atomic E-state index is -1.19. The van der Waals surface area contributed by atoms with E-state index in [-0.39, 0.29) is 17.9 Å². The van der Waals surface area contributed by atoms with Crippen molar-refractivity contribution >= 4 is 29.3 Å². The topological polar surface area (TPSA) is 58.2 Å². The van der Waals surface area contributed by atoms with Gasteiger partial charge >= 0.3 is 0 Å². The third kappa shape index (κ3) is 3.49. The van der Waals surface area contributed by atoms with E-state index in [9.17, 15) is 9.59 Å². The van der Waals surface area contributed by atoms with E-state index < -0.39 is 4.75 Å². The smallest absolute Gasteiger partial charge is 0.250 e. The van der Waals surface area contributed by atoms with E-state index in [1.54, 1.807) is 6.92 Å². The van der Waals surface area contributed by atoms with Crippen LogP contribution in [0, 0.1) is 0 Å². The largest absolute Gasteiger partial charge is 0.348 e. The highest BCUT2D eigenvalue weighted by Crippen LogP contribution is 2.42. The van der Waals surface area contributed by atoms with Gasteiger partial charge in [0.1, 0.15) is 0 Å². The fourth-order valence-corrected chi connectivity index (χ4v) is 4.01. The highest BCUT2D eigenvalue weighted by molar-refractivity contribution is 8.02. The van der Waals surface area contributed by atoms with Crippen molar-refractivity contribution in [1.82, 2.24) is 5.32 Å². The molecular formula is C21H24N2O2S. The molecule has 1 heterocycles. The van der Waals surface area contributed by atoms with Crippen molar-refractivity contribution in [2.75, 3.05) is 5.32 Å². The molecule has 136 valence electrons. The molecule has 4 nitrogen and oxygen atoms in total. The van der Waals surface area contributed by atoms with E-state index in [1.165, 1.54) is 17.3 Å². The maximum Gasteiger partial charge on any atom is 0.250 e. The lowest BCUT2D eigenvalue weighted by Gasteiger charge is -2.32. The second-order valence-electron chi connectivity index (χ2n) is 7.10. The molecule has 2 amide bonds. The summed E-state index contributed by atoms with van der Waals surface area (Å²) in [6.07, 6.45) is 0. The van der Waals surface area contributed by atoms with Gasteiger partial charge < -0.3 is 10.6 Å². The van der Waals surface area contributed by atoms with Crippen LogP contribution in [-0.2, 0) is 9.59 Å². The predicted molar refractivity (Wildman–Crippen MR) is 106 cm³/mol. The number of carbonyl (C=O) groups excluding carboxylic acids is 2. The lowest BCUT2D eigenvalue weighted by Crippen LogP contribution is -2.52. The second kappa shape index (κ2) is 7.16. The van der Waals surface area contributed by atoms with Crippen LogP contribution in [0.5, 0.6) is 0 Å². The van der Waals surface area contributed by atoms with Crippen molar-refractivity contribution < 1.29 is 9.59 Å². The minimum Gasteiger partial charge on any atom is -0.348 e. The molecule has 2 atom stereocenters. The van der Waals surface area contributed by atoms with Crippen molar-refractivity contribution in [2.24, 2.45) is 0 Å². The molecular weight excluding hydrogens is 344 g/mol. The molecule has 1 aliphatic rings. The Labute approximate surface area is 158 Å². The molecule has 0 aromatic heterocycles. The van der Waals surface area contributed by atoms with Crippen LogP contribution in [0.15, 0.2) is 53.4 Å². The molecule has 2 aromatic carbocycles. The van der Waals surface area contributed by atoms with Crippen LogP contribution in [0.3, 0.4) is 0 Å². The highest BCUT2D eigenvalue weighted by atomic mass is 32.2. The summed E-state index contributed by atoms with van der Waals surface area (Å²) < 4.78 is -1.19. The first-order valence-electron chi connectivity index (χ1n) is 8.81. The third-order valence-corrected chi connectivity index (χ3v) is 6.12. The molecule has 1 aliphatic heterocycles. The fourth-order valence-electron chi connectivity index (χ4n) is 2.90. The molecule has 0 radical (unpaired) electrons. The van der Waals surface area contributed by atoms with E-state index in [0.717, 1.165) is 16.1 Å². The Hall–Kier alpha value is -2.27. The van der Waals surface area contributed by atoms with E-state index in [2.05, 4.69) is 36.6 Å².